The molecule has 2 aromatic heterocycles. The van der Waals surface area contributed by atoms with Crippen molar-refractivity contribution in [2.45, 2.75) is 6.92 Å². The molecule has 80 valence electrons. The molecule has 2 heterocycles. The Bertz CT molecular complexity index is 537. The van der Waals surface area contributed by atoms with E-state index in [1.807, 2.05) is 13.0 Å². The fourth-order valence-electron chi connectivity index (χ4n) is 1.42. The van der Waals surface area contributed by atoms with Gasteiger partial charge >= 0.3 is 0 Å². The van der Waals surface area contributed by atoms with Gasteiger partial charge in [-0.15, -0.1) is 0 Å². The van der Waals surface area contributed by atoms with E-state index in [-0.39, 0.29) is 11.6 Å². The lowest BCUT2D eigenvalue weighted by molar-refractivity contribution is 0.103. The summed E-state index contributed by atoms with van der Waals surface area (Å²) in [6.45, 7) is 1.84. The van der Waals surface area contributed by atoms with Crippen LogP contribution in [-0.4, -0.2) is 15.8 Å². The second kappa shape index (κ2) is 4.10. The number of aryl methyl sites for hydroxylation is 1. The predicted molar refractivity (Wildman–Crippen MR) is 61.1 cm³/mol. The highest BCUT2D eigenvalue weighted by Gasteiger charge is 2.13. The summed E-state index contributed by atoms with van der Waals surface area (Å²) in [6.07, 6.45) is 1.55. The third-order valence-corrected chi connectivity index (χ3v) is 2.20. The van der Waals surface area contributed by atoms with E-state index in [4.69, 9.17) is 5.73 Å². The van der Waals surface area contributed by atoms with Gasteiger partial charge < -0.3 is 5.73 Å². The first-order valence-corrected chi connectivity index (χ1v) is 4.87. The molecule has 0 saturated carbocycles. The number of aromatic nitrogens is 2. The number of ketones is 1. The molecule has 4 heteroatoms. The molecule has 0 aromatic carbocycles. The molecule has 16 heavy (non-hydrogen) atoms. The maximum absolute atomic E-state index is 12.0. The molecule has 0 unspecified atom stereocenters. The van der Waals surface area contributed by atoms with Crippen LogP contribution in [0.2, 0.25) is 0 Å². The Labute approximate surface area is 93.2 Å². The van der Waals surface area contributed by atoms with Crippen LogP contribution in [0.5, 0.6) is 0 Å². The number of anilines is 1. The van der Waals surface area contributed by atoms with Crippen LogP contribution in [0.15, 0.2) is 36.5 Å². The molecule has 0 atom stereocenters. The molecular formula is C12H11N3O. The van der Waals surface area contributed by atoms with Crippen molar-refractivity contribution in [3.8, 4) is 0 Å². The van der Waals surface area contributed by atoms with Crippen molar-refractivity contribution in [1.82, 2.24) is 9.97 Å². The highest BCUT2D eigenvalue weighted by Crippen LogP contribution is 2.12. The maximum Gasteiger partial charge on any atom is 0.215 e. The Balaban J connectivity index is 2.44. The quantitative estimate of drug-likeness (QED) is 0.769. The van der Waals surface area contributed by atoms with Crippen LogP contribution in [0.4, 0.5) is 5.82 Å². The number of carbonyl (C=O) groups is 1. The second-order valence-electron chi connectivity index (χ2n) is 3.43. The van der Waals surface area contributed by atoms with Gasteiger partial charge in [-0.1, -0.05) is 6.07 Å². The summed E-state index contributed by atoms with van der Waals surface area (Å²) in [7, 11) is 0. The lowest BCUT2D eigenvalue weighted by Gasteiger charge is -2.03. The fourth-order valence-corrected chi connectivity index (χ4v) is 1.42. The summed E-state index contributed by atoms with van der Waals surface area (Å²) in [4.78, 5) is 20.1. The van der Waals surface area contributed by atoms with Crippen molar-refractivity contribution < 1.29 is 4.79 Å². The number of hydrogen-bond donors (Lipinski definition) is 1. The third kappa shape index (κ3) is 1.91. The first kappa shape index (κ1) is 10.3. The molecule has 0 saturated heterocycles. The van der Waals surface area contributed by atoms with Gasteiger partial charge in [0, 0.05) is 11.9 Å². The topological polar surface area (TPSA) is 68.9 Å². The van der Waals surface area contributed by atoms with Crippen molar-refractivity contribution in [3.05, 3.63) is 53.5 Å². The lowest BCUT2D eigenvalue weighted by atomic mass is 10.1. The van der Waals surface area contributed by atoms with Crippen molar-refractivity contribution in [2.75, 3.05) is 5.73 Å². The zero-order valence-electron chi connectivity index (χ0n) is 8.84. The smallest absolute Gasteiger partial charge is 0.215 e. The predicted octanol–water partition coefficient (Wildman–Crippen LogP) is 1.60. The Kier molecular flexibility index (Phi) is 2.64. The zero-order valence-corrected chi connectivity index (χ0v) is 8.84. The van der Waals surface area contributed by atoms with Gasteiger partial charge in [0.15, 0.2) is 0 Å². The van der Waals surface area contributed by atoms with Crippen molar-refractivity contribution in [1.29, 1.82) is 0 Å². The molecule has 2 N–H and O–H groups in total. The Hall–Kier alpha value is -2.23. The van der Waals surface area contributed by atoms with E-state index < -0.39 is 0 Å². The minimum Gasteiger partial charge on any atom is -0.383 e. The van der Waals surface area contributed by atoms with Crippen molar-refractivity contribution in [2.24, 2.45) is 0 Å². The Morgan fingerprint density at radius 2 is 2.06 bits per heavy atom. The first-order chi connectivity index (χ1) is 7.68. The average molecular weight is 213 g/mol. The van der Waals surface area contributed by atoms with Crippen LogP contribution in [0.1, 0.15) is 21.7 Å². The monoisotopic (exact) mass is 213 g/mol. The zero-order chi connectivity index (χ0) is 11.5. The van der Waals surface area contributed by atoms with Gasteiger partial charge in [-0.05, 0) is 31.2 Å². The SMILES string of the molecule is Cc1cccc(C(=O)c2cccnc2N)n1. The van der Waals surface area contributed by atoms with Gasteiger partial charge in [-0.25, -0.2) is 9.97 Å². The minimum atomic E-state index is -0.200. The van der Waals surface area contributed by atoms with E-state index in [0.717, 1.165) is 5.69 Å². The summed E-state index contributed by atoms with van der Waals surface area (Å²) in [5, 5.41) is 0. The number of nitrogens with two attached hydrogens (primary N) is 1. The van der Waals surface area contributed by atoms with E-state index in [2.05, 4.69) is 9.97 Å². The van der Waals surface area contributed by atoms with Crippen LogP contribution in [-0.2, 0) is 0 Å². The molecule has 0 bridgehead atoms. The van der Waals surface area contributed by atoms with Crippen LogP contribution < -0.4 is 5.73 Å². The molecule has 0 aliphatic rings. The van der Waals surface area contributed by atoms with E-state index in [1.54, 1.807) is 30.5 Å². The lowest BCUT2D eigenvalue weighted by Crippen LogP contribution is -2.08. The number of carbonyl (C=O) groups excluding carboxylic acids is 1. The van der Waals surface area contributed by atoms with Crippen LogP contribution in [0, 0.1) is 6.92 Å². The van der Waals surface area contributed by atoms with E-state index in [1.165, 1.54) is 0 Å². The largest absolute Gasteiger partial charge is 0.383 e. The summed E-state index contributed by atoms with van der Waals surface area (Å²) in [6, 6.07) is 8.63. The standard InChI is InChI=1S/C12H11N3O/c1-8-4-2-6-10(15-8)11(16)9-5-3-7-14-12(9)13/h2-7H,1H3,(H2,13,14). The maximum atomic E-state index is 12.0. The van der Waals surface area contributed by atoms with Gasteiger partial charge in [0.05, 0.1) is 5.56 Å². The van der Waals surface area contributed by atoms with Crippen LogP contribution in [0.25, 0.3) is 0 Å². The molecule has 0 fully saturated rings. The Morgan fingerprint density at radius 1 is 1.25 bits per heavy atom. The molecule has 0 amide bonds. The van der Waals surface area contributed by atoms with Gasteiger partial charge in [0.25, 0.3) is 0 Å². The molecule has 0 spiro atoms. The van der Waals surface area contributed by atoms with Gasteiger partial charge in [-0.2, -0.15) is 0 Å². The van der Waals surface area contributed by atoms with Crippen molar-refractivity contribution >= 4 is 11.6 Å². The summed E-state index contributed by atoms with van der Waals surface area (Å²) in [5.41, 5.74) is 7.21. The van der Waals surface area contributed by atoms with Crippen LogP contribution in [0.3, 0.4) is 0 Å². The highest BCUT2D eigenvalue weighted by molar-refractivity contribution is 6.10. The molecule has 0 aliphatic heterocycles. The number of rotatable bonds is 2. The second-order valence-corrected chi connectivity index (χ2v) is 3.43. The average Bonchev–Trinajstić information content (AvgIpc) is 2.29. The summed E-state index contributed by atoms with van der Waals surface area (Å²) < 4.78 is 0. The molecule has 0 aliphatic carbocycles. The number of nitrogen functional groups attached to an aromatic ring is 1. The molecule has 2 aromatic rings. The van der Waals surface area contributed by atoms with Gasteiger partial charge in [0.2, 0.25) is 5.78 Å². The third-order valence-electron chi connectivity index (χ3n) is 2.20. The number of hydrogen-bond acceptors (Lipinski definition) is 4. The number of pyridine rings is 2. The highest BCUT2D eigenvalue weighted by atomic mass is 16.1. The normalized spacial score (nSPS) is 10.1. The van der Waals surface area contributed by atoms with Crippen LogP contribution >= 0.6 is 0 Å². The van der Waals surface area contributed by atoms with E-state index in [0.29, 0.717) is 11.3 Å². The molecular weight excluding hydrogens is 202 g/mol. The van der Waals surface area contributed by atoms with E-state index in [9.17, 15) is 4.79 Å². The molecule has 0 radical (unpaired) electrons. The summed E-state index contributed by atoms with van der Waals surface area (Å²) >= 11 is 0. The molecule has 4 nitrogen and oxygen atoms in total. The number of nitrogens with zero attached hydrogens (tertiary/aromatic N) is 2. The fraction of sp³-hybridized carbons (Fsp3) is 0.0833. The molecule has 2 rings (SSSR count). The van der Waals surface area contributed by atoms with Gasteiger partial charge in [0.1, 0.15) is 11.5 Å². The van der Waals surface area contributed by atoms with Gasteiger partial charge in [-0.3, -0.25) is 4.79 Å². The summed E-state index contributed by atoms with van der Waals surface area (Å²) in [5.74, 6) is 0.0325. The van der Waals surface area contributed by atoms with E-state index >= 15 is 0 Å². The first-order valence-electron chi connectivity index (χ1n) is 4.87. The minimum absolute atomic E-state index is 0.200. The van der Waals surface area contributed by atoms with Crippen molar-refractivity contribution in [3.63, 3.8) is 0 Å². The Morgan fingerprint density at radius 3 is 2.75 bits per heavy atom.